The number of rotatable bonds is 8. The van der Waals surface area contributed by atoms with Crippen molar-refractivity contribution in [3.05, 3.63) is 77.9 Å². The van der Waals surface area contributed by atoms with Gasteiger partial charge in [-0.1, -0.05) is 49.1 Å². The summed E-state index contributed by atoms with van der Waals surface area (Å²) in [4.78, 5) is 11.8. The second-order valence-electron chi connectivity index (χ2n) is 5.24. The number of benzene rings is 2. The van der Waals surface area contributed by atoms with E-state index >= 15 is 0 Å². The highest BCUT2D eigenvalue weighted by Gasteiger charge is 2.11. The van der Waals surface area contributed by atoms with E-state index in [1.807, 2.05) is 36.4 Å². The first kappa shape index (κ1) is 18.8. The Morgan fingerprint density at radius 3 is 2.62 bits per heavy atom. The lowest BCUT2D eigenvalue weighted by molar-refractivity contribution is -0.137. The van der Waals surface area contributed by atoms with Gasteiger partial charge in [0, 0.05) is 0 Å². The number of nitrogens with zero attached hydrogens (tertiary/aromatic N) is 1. The van der Waals surface area contributed by atoms with Gasteiger partial charge < -0.3 is 14.2 Å². The molecule has 0 unspecified atom stereocenters. The van der Waals surface area contributed by atoms with Crippen LogP contribution >= 0.6 is 0 Å². The van der Waals surface area contributed by atoms with Crippen molar-refractivity contribution in [2.75, 3.05) is 13.7 Å². The Kier molecular flexibility index (Phi) is 7.02. The summed E-state index contributed by atoms with van der Waals surface area (Å²) in [5.74, 6) is 0.378. The van der Waals surface area contributed by atoms with Crippen molar-refractivity contribution in [3.8, 4) is 17.6 Å². The lowest BCUT2D eigenvalue weighted by Gasteiger charge is -2.11. The van der Waals surface area contributed by atoms with E-state index < -0.39 is 5.97 Å². The largest absolute Gasteiger partial charge is 0.493 e. The molecule has 0 aliphatic carbocycles. The van der Waals surface area contributed by atoms with Gasteiger partial charge in [-0.2, -0.15) is 5.26 Å². The molecule has 0 N–H and O–H groups in total. The molecule has 0 atom stereocenters. The maximum atomic E-state index is 11.8. The van der Waals surface area contributed by atoms with Crippen LogP contribution in [0.2, 0.25) is 0 Å². The quantitative estimate of drug-likeness (QED) is 0.313. The average molecular weight is 349 g/mol. The lowest BCUT2D eigenvalue weighted by Crippen LogP contribution is -2.06. The molecular weight excluding hydrogens is 330 g/mol. The molecule has 0 bridgehead atoms. The Labute approximate surface area is 152 Å². The van der Waals surface area contributed by atoms with Gasteiger partial charge in [-0.05, 0) is 29.3 Å². The Morgan fingerprint density at radius 1 is 1.19 bits per heavy atom. The van der Waals surface area contributed by atoms with E-state index in [1.165, 1.54) is 19.3 Å². The molecule has 0 heterocycles. The van der Waals surface area contributed by atoms with E-state index in [1.54, 1.807) is 18.2 Å². The third kappa shape index (κ3) is 5.25. The Balaban J connectivity index is 2.16. The maximum absolute atomic E-state index is 11.8. The minimum Gasteiger partial charge on any atom is -0.493 e. The predicted molar refractivity (Wildman–Crippen MR) is 98.5 cm³/mol. The summed E-state index contributed by atoms with van der Waals surface area (Å²) < 4.78 is 16.0. The fourth-order valence-corrected chi connectivity index (χ4v) is 2.14. The van der Waals surface area contributed by atoms with Crippen molar-refractivity contribution in [1.82, 2.24) is 0 Å². The molecule has 0 radical (unpaired) electrons. The zero-order valence-electron chi connectivity index (χ0n) is 14.5. The third-order valence-corrected chi connectivity index (χ3v) is 3.41. The molecule has 2 aromatic carbocycles. The molecule has 0 saturated heterocycles. The van der Waals surface area contributed by atoms with Gasteiger partial charge in [-0.25, -0.2) is 4.79 Å². The number of nitriles is 1. The van der Waals surface area contributed by atoms with Crippen molar-refractivity contribution in [2.24, 2.45) is 0 Å². The van der Waals surface area contributed by atoms with Crippen LogP contribution in [0.15, 0.2) is 66.8 Å². The first-order chi connectivity index (χ1) is 12.7. The fourth-order valence-electron chi connectivity index (χ4n) is 2.14. The highest BCUT2D eigenvalue weighted by Crippen LogP contribution is 2.29. The highest BCUT2D eigenvalue weighted by molar-refractivity contribution is 5.98. The molecule has 0 aliphatic heterocycles. The summed E-state index contributed by atoms with van der Waals surface area (Å²) >= 11 is 0. The molecule has 5 nitrogen and oxygen atoms in total. The van der Waals surface area contributed by atoms with Gasteiger partial charge in [-0.3, -0.25) is 0 Å². The molecule has 132 valence electrons. The number of ether oxygens (including phenoxy) is 3. The monoisotopic (exact) mass is 349 g/mol. The van der Waals surface area contributed by atoms with Crippen LogP contribution < -0.4 is 9.47 Å². The Hall–Kier alpha value is -3.52. The minimum atomic E-state index is -0.698. The van der Waals surface area contributed by atoms with Crippen molar-refractivity contribution >= 4 is 12.0 Å². The normalized spacial score (nSPS) is 10.5. The van der Waals surface area contributed by atoms with E-state index in [2.05, 4.69) is 6.58 Å². The van der Waals surface area contributed by atoms with Gasteiger partial charge in [0.25, 0.3) is 0 Å². The highest BCUT2D eigenvalue weighted by atomic mass is 16.5. The number of hydrogen-bond acceptors (Lipinski definition) is 5. The number of hydrogen-bond donors (Lipinski definition) is 0. The Bertz CT molecular complexity index is 835. The van der Waals surface area contributed by atoms with Crippen LogP contribution in [0, 0.1) is 11.3 Å². The van der Waals surface area contributed by atoms with Gasteiger partial charge in [-0.15, -0.1) is 0 Å². The van der Waals surface area contributed by atoms with Gasteiger partial charge in [0.15, 0.2) is 11.5 Å². The summed E-state index contributed by atoms with van der Waals surface area (Å²) in [6.45, 7) is 3.92. The summed E-state index contributed by atoms with van der Waals surface area (Å²) in [6.07, 6.45) is 2.88. The summed E-state index contributed by atoms with van der Waals surface area (Å²) in [5.41, 5.74) is 1.56. The van der Waals surface area contributed by atoms with Crippen LogP contribution in [0.25, 0.3) is 6.08 Å². The summed E-state index contributed by atoms with van der Waals surface area (Å²) in [7, 11) is 1.53. The standard InChI is InChI=1S/C21H19NO4/c1-3-11-25-21(23)18(14-22)12-17-9-10-19(20(13-17)24-2)26-15-16-7-5-4-6-8-16/h3-10,12-13H,1,11,15H2,2H3/b18-12+. The minimum absolute atomic E-state index is 0.0490. The SMILES string of the molecule is C=CCOC(=O)/C(C#N)=C/c1ccc(OCc2ccccc2)c(OC)c1. The Morgan fingerprint density at radius 2 is 1.96 bits per heavy atom. The molecule has 26 heavy (non-hydrogen) atoms. The third-order valence-electron chi connectivity index (χ3n) is 3.41. The fraction of sp³-hybridized carbons (Fsp3) is 0.143. The number of carbonyl (C=O) groups is 1. The predicted octanol–water partition coefficient (Wildman–Crippen LogP) is 3.91. The molecular formula is C21H19NO4. The van der Waals surface area contributed by atoms with Crippen LogP contribution in [-0.4, -0.2) is 19.7 Å². The molecule has 0 aliphatic rings. The number of esters is 1. The van der Waals surface area contributed by atoms with Gasteiger partial charge >= 0.3 is 5.97 Å². The molecule has 2 aromatic rings. The van der Waals surface area contributed by atoms with Gasteiger partial charge in [0.2, 0.25) is 0 Å². The van der Waals surface area contributed by atoms with Crippen LogP contribution in [0.3, 0.4) is 0 Å². The zero-order valence-corrected chi connectivity index (χ0v) is 14.5. The van der Waals surface area contributed by atoms with E-state index in [0.717, 1.165) is 5.56 Å². The smallest absolute Gasteiger partial charge is 0.349 e. The van der Waals surface area contributed by atoms with Crippen molar-refractivity contribution in [3.63, 3.8) is 0 Å². The van der Waals surface area contributed by atoms with Gasteiger partial charge in [0.1, 0.15) is 24.9 Å². The van der Waals surface area contributed by atoms with Crippen molar-refractivity contribution < 1.29 is 19.0 Å². The number of carbonyl (C=O) groups excluding carboxylic acids is 1. The summed E-state index contributed by atoms with van der Waals surface area (Å²) in [5, 5.41) is 9.15. The molecule has 0 spiro atoms. The van der Waals surface area contributed by atoms with Crippen LogP contribution in [0.1, 0.15) is 11.1 Å². The molecule has 5 heteroatoms. The van der Waals surface area contributed by atoms with E-state index in [4.69, 9.17) is 19.5 Å². The topological polar surface area (TPSA) is 68.6 Å². The van der Waals surface area contributed by atoms with Crippen LogP contribution in [0.5, 0.6) is 11.5 Å². The van der Waals surface area contributed by atoms with Gasteiger partial charge in [0.05, 0.1) is 7.11 Å². The van der Waals surface area contributed by atoms with E-state index in [9.17, 15) is 4.79 Å². The first-order valence-corrected chi connectivity index (χ1v) is 7.92. The maximum Gasteiger partial charge on any atom is 0.349 e. The molecule has 0 fully saturated rings. The van der Waals surface area contributed by atoms with Crippen LogP contribution in [0.4, 0.5) is 0 Å². The van der Waals surface area contributed by atoms with Crippen LogP contribution in [-0.2, 0) is 16.1 Å². The van der Waals surface area contributed by atoms with E-state index in [-0.39, 0.29) is 12.2 Å². The second kappa shape index (κ2) is 9.70. The van der Waals surface area contributed by atoms with Crippen molar-refractivity contribution in [2.45, 2.75) is 6.61 Å². The second-order valence-corrected chi connectivity index (χ2v) is 5.24. The molecule has 0 amide bonds. The summed E-state index contributed by atoms with van der Waals surface area (Å²) in [6, 6.07) is 16.8. The lowest BCUT2D eigenvalue weighted by atomic mass is 10.1. The zero-order chi connectivity index (χ0) is 18.8. The molecule has 0 aromatic heterocycles. The first-order valence-electron chi connectivity index (χ1n) is 7.92. The molecule has 0 saturated carbocycles. The van der Waals surface area contributed by atoms with E-state index in [0.29, 0.717) is 23.7 Å². The number of methoxy groups -OCH3 is 1. The average Bonchev–Trinajstić information content (AvgIpc) is 2.69. The van der Waals surface area contributed by atoms with Crippen molar-refractivity contribution in [1.29, 1.82) is 5.26 Å². The molecule has 2 rings (SSSR count).